The number of urea groups is 1. The van der Waals surface area contributed by atoms with Crippen molar-refractivity contribution in [2.24, 2.45) is 0 Å². The maximum Gasteiger partial charge on any atom is 0.335 e. The maximum atomic E-state index is 11.7. The van der Waals surface area contributed by atoms with Gasteiger partial charge in [-0.1, -0.05) is 23.8 Å². The van der Waals surface area contributed by atoms with Gasteiger partial charge in [0.1, 0.15) is 0 Å². The molecule has 100 valence electrons. The minimum atomic E-state index is -1.09. The second-order valence-corrected chi connectivity index (χ2v) is 4.71. The van der Waals surface area contributed by atoms with Crippen molar-refractivity contribution in [3.63, 3.8) is 0 Å². The highest BCUT2D eigenvalue weighted by atomic mass is 35.5. The fourth-order valence-corrected chi connectivity index (χ4v) is 2.11. The van der Waals surface area contributed by atoms with E-state index in [1.807, 2.05) is 12.2 Å². The molecule has 0 radical (unpaired) electrons. The van der Waals surface area contributed by atoms with Crippen LogP contribution in [0.25, 0.3) is 0 Å². The number of aromatic carboxylic acids is 1. The summed E-state index contributed by atoms with van der Waals surface area (Å²) >= 11 is 5.80. The lowest BCUT2D eigenvalue weighted by atomic mass is 10.2. The van der Waals surface area contributed by atoms with E-state index in [4.69, 9.17) is 16.7 Å². The van der Waals surface area contributed by atoms with Gasteiger partial charge in [-0.3, -0.25) is 0 Å². The molecule has 0 saturated heterocycles. The highest BCUT2D eigenvalue weighted by molar-refractivity contribution is 6.31. The molecule has 5 nitrogen and oxygen atoms in total. The summed E-state index contributed by atoms with van der Waals surface area (Å²) in [6.07, 6.45) is 5.63. The van der Waals surface area contributed by atoms with E-state index in [1.165, 1.54) is 18.2 Å². The van der Waals surface area contributed by atoms with Crippen LogP contribution >= 0.6 is 11.6 Å². The lowest BCUT2D eigenvalue weighted by molar-refractivity contribution is 0.0697. The Bertz CT molecular complexity index is 535. The molecule has 0 unspecified atom stereocenters. The smallest absolute Gasteiger partial charge is 0.335 e. The Labute approximate surface area is 115 Å². The summed E-state index contributed by atoms with van der Waals surface area (Å²) < 4.78 is 0. The van der Waals surface area contributed by atoms with E-state index >= 15 is 0 Å². The number of halogens is 1. The normalized spacial score (nSPS) is 14.4. The maximum absolute atomic E-state index is 11.7. The molecule has 19 heavy (non-hydrogen) atoms. The van der Waals surface area contributed by atoms with Crippen LogP contribution in [0.15, 0.2) is 30.4 Å². The SMILES string of the molecule is O=C(Nc1cc(Cl)cc(C(=O)O)c1)NC1CC=CC1. The third-order valence-corrected chi connectivity index (χ3v) is 2.96. The Kier molecular flexibility index (Phi) is 4.06. The van der Waals surface area contributed by atoms with Crippen LogP contribution in [0.4, 0.5) is 10.5 Å². The van der Waals surface area contributed by atoms with Gasteiger partial charge in [-0.25, -0.2) is 9.59 Å². The first-order chi connectivity index (χ1) is 9.04. The molecule has 2 amide bonds. The fraction of sp³-hybridized carbons (Fsp3) is 0.231. The van der Waals surface area contributed by atoms with Crippen molar-refractivity contribution >= 4 is 29.3 Å². The molecule has 2 rings (SSSR count). The molecule has 1 aliphatic carbocycles. The minimum absolute atomic E-state index is 0.0327. The highest BCUT2D eigenvalue weighted by Crippen LogP contribution is 2.19. The Balaban J connectivity index is 2.01. The van der Waals surface area contributed by atoms with Crippen LogP contribution in [0.5, 0.6) is 0 Å². The average Bonchev–Trinajstić information content (AvgIpc) is 2.80. The number of hydrogen-bond acceptors (Lipinski definition) is 2. The lowest BCUT2D eigenvalue weighted by Gasteiger charge is -2.13. The van der Waals surface area contributed by atoms with Gasteiger partial charge in [0, 0.05) is 16.8 Å². The van der Waals surface area contributed by atoms with Gasteiger partial charge in [0.15, 0.2) is 0 Å². The first kappa shape index (κ1) is 13.4. The van der Waals surface area contributed by atoms with Crippen LogP contribution < -0.4 is 10.6 Å². The molecule has 3 N–H and O–H groups in total. The van der Waals surface area contributed by atoms with Gasteiger partial charge in [-0.05, 0) is 31.0 Å². The molecule has 0 aromatic heterocycles. The van der Waals surface area contributed by atoms with Crippen molar-refractivity contribution in [1.82, 2.24) is 5.32 Å². The number of amides is 2. The van der Waals surface area contributed by atoms with Crippen LogP contribution in [-0.2, 0) is 0 Å². The Morgan fingerprint density at radius 3 is 2.53 bits per heavy atom. The molecule has 0 fully saturated rings. The molecule has 1 aliphatic rings. The van der Waals surface area contributed by atoms with Crippen LogP contribution in [-0.4, -0.2) is 23.1 Å². The summed E-state index contributed by atoms with van der Waals surface area (Å²) in [5, 5.41) is 14.5. The zero-order valence-corrected chi connectivity index (χ0v) is 10.8. The van der Waals surface area contributed by atoms with Gasteiger partial charge in [0.2, 0.25) is 0 Å². The van der Waals surface area contributed by atoms with Crippen LogP contribution in [0.2, 0.25) is 5.02 Å². The van der Waals surface area contributed by atoms with E-state index in [-0.39, 0.29) is 22.7 Å². The molecule has 1 aromatic rings. The molecule has 1 aromatic carbocycles. The first-order valence-electron chi connectivity index (χ1n) is 5.81. The van der Waals surface area contributed by atoms with E-state index in [0.717, 1.165) is 12.8 Å². The monoisotopic (exact) mass is 280 g/mol. The van der Waals surface area contributed by atoms with E-state index < -0.39 is 5.97 Å². The van der Waals surface area contributed by atoms with Crippen LogP contribution in [0, 0.1) is 0 Å². The van der Waals surface area contributed by atoms with Gasteiger partial charge in [-0.15, -0.1) is 0 Å². The number of hydrogen-bond donors (Lipinski definition) is 3. The van der Waals surface area contributed by atoms with Crippen molar-refractivity contribution in [2.75, 3.05) is 5.32 Å². The molecule has 0 heterocycles. The lowest BCUT2D eigenvalue weighted by Crippen LogP contribution is -2.36. The summed E-state index contributed by atoms with van der Waals surface area (Å²) in [4.78, 5) is 22.6. The number of anilines is 1. The van der Waals surface area contributed by atoms with Crippen molar-refractivity contribution in [2.45, 2.75) is 18.9 Å². The molecule has 0 saturated carbocycles. The zero-order chi connectivity index (χ0) is 13.8. The Morgan fingerprint density at radius 2 is 1.89 bits per heavy atom. The molecule has 0 atom stereocenters. The third kappa shape index (κ3) is 3.72. The number of rotatable bonds is 3. The second kappa shape index (κ2) is 5.75. The molecule has 0 bridgehead atoms. The largest absolute Gasteiger partial charge is 0.478 e. The van der Waals surface area contributed by atoms with E-state index in [9.17, 15) is 9.59 Å². The summed E-state index contributed by atoms with van der Waals surface area (Å²) in [5.74, 6) is -1.09. The van der Waals surface area contributed by atoms with Gasteiger partial charge >= 0.3 is 12.0 Å². The second-order valence-electron chi connectivity index (χ2n) is 4.27. The van der Waals surface area contributed by atoms with Crippen molar-refractivity contribution < 1.29 is 14.7 Å². The van der Waals surface area contributed by atoms with Gasteiger partial charge in [0.25, 0.3) is 0 Å². The number of nitrogens with one attached hydrogen (secondary N) is 2. The Hall–Kier alpha value is -2.01. The average molecular weight is 281 g/mol. The van der Waals surface area contributed by atoms with E-state index in [0.29, 0.717) is 5.69 Å². The number of carboxylic acid groups (broad SMARTS) is 1. The summed E-state index contributed by atoms with van der Waals surface area (Å²) in [5.41, 5.74) is 0.388. The topological polar surface area (TPSA) is 78.4 Å². The standard InChI is InChI=1S/C13H13ClN2O3/c14-9-5-8(12(17)18)6-11(7-9)16-13(19)15-10-3-1-2-4-10/h1-2,5-7,10H,3-4H2,(H,17,18)(H2,15,16,19). The van der Waals surface area contributed by atoms with Crippen LogP contribution in [0.3, 0.4) is 0 Å². The quantitative estimate of drug-likeness (QED) is 0.745. The Morgan fingerprint density at radius 1 is 1.21 bits per heavy atom. The van der Waals surface area contributed by atoms with Crippen molar-refractivity contribution in [3.05, 3.63) is 40.9 Å². The molecule has 0 aliphatic heterocycles. The first-order valence-corrected chi connectivity index (χ1v) is 6.19. The number of carbonyl (C=O) groups is 2. The fourth-order valence-electron chi connectivity index (χ4n) is 1.87. The summed E-state index contributed by atoms with van der Waals surface area (Å²) in [6, 6.07) is 3.92. The minimum Gasteiger partial charge on any atom is -0.478 e. The molecular weight excluding hydrogens is 268 g/mol. The predicted octanol–water partition coefficient (Wildman–Crippen LogP) is 2.88. The highest BCUT2D eigenvalue weighted by Gasteiger charge is 2.14. The van der Waals surface area contributed by atoms with Gasteiger partial charge in [-0.2, -0.15) is 0 Å². The summed E-state index contributed by atoms with van der Waals surface area (Å²) in [6.45, 7) is 0. The number of carbonyl (C=O) groups excluding carboxylic acids is 1. The molecule has 0 spiro atoms. The van der Waals surface area contributed by atoms with Gasteiger partial charge < -0.3 is 15.7 Å². The number of benzene rings is 1. The van der Waals surface area contributed by atoms with Crippen molar-refractivity contribution in [1.29, 1.82) is 0 Å². The van der Waals surface area contributed by atoms with E-state index in [1.54, 1.807) is 0 Å². The van der Waals surface area contributed by atoms with Crippen molar-refractivity contribution in [3.8, 4) is 0 Å². The van der Waals surface area contributed by atoms with Crippen LogP contribution in [0.1, 0.15) is 23.2 Å². The predicted molar refractivity (Wildman–Crippen MR) is 72.7 cm³/mol. The zero-order valence-electron chi connectivity index (χ0n) is 10.0. The van der Waals surface area contributed by atoms with E-state index in [2.05, 4.69) is 10.6 Å². The molecular formula is C13H13ClN2O3. The van der Waals surface area contributed by atoms with Gasteiger partial charge in [0.05, 0.1) is 5.56 Å². The summed E-state index contributed by atoms with van der Waals surface area (Å²) in [7, 11) is 0. The number of carboxylic acids is 1. The molecule has 6 heteroatoms. The third-order valence-electron chi connectivity index (χ3n) is 2.75.